The molecule has 0 aliphatic heterocycles. The molecule has 0 aromatic heterocycles. The Labute approximate surface area is 186 Å². The van der Waals surface area contributed by atoms with Gasteiger partial charge in [0.15, 0.2) is 0 Å². The minimum atomic E-state index is 0.0704. The molecule has 0 radical (unpaired) electrons. The molecule has 0 bridgehead atoms. The van der Waals surface area contributed by atoms with Crippen molar-refractivity contribution in [2.45, 2.75) is 5.92 Å². The molecule has 2 nitrogen and oxygen atoms in total. The first kappa shape index (κ1) is 20.1. The van der Waals surface area contributed by atoms with Crippen molar-refractivity contribution in [3.05, 3.63) is 136 Å². The summed E-state index contributed by atoms with van der Waals surface area (Å²) >= 11 is 3.55. The van der Waals surface area contributed by atoms with Crippen LogP contribution < -0.4 is 11.3 Å². The van der Waals surface area contributed by atoms with E-state index in [-0.39, 0.29) is 5.92 Å². The molecule has 3 heteroatoms. The predicted octanol–water partition coefficient (Wildman–Crippen LogP) is 6.75. The molecule has 30 heavy (non-hydrogen) atoms. The summed E-state index contributed by atoms with van der Waals surface area (Å²) in [5.41, 5.74) is 9.67. The minimum Gasteiger partial charge on any atom is -0.324 e. The van der Waals surface area contributed by atoms with Crippen LogP contribution >= 0.6 is 15.9 Å². The van der Waals surface area contributed by atoms with Gasteiger partial charge in [-0.2, -0.15) is 0 Å². The first-order chi connectivity index (χ1) is 14.7. The normalized spacial score (nSPS) is 12.4. The number of nitrogens with two attached hydrogens (primary N) is 1. The molecule has 0 amide bonds. The average Bonchev–Trinajstić information content (AvgIpc) is 2.81. The van der Waals surface area contributed by atoms with Gasteiger partial charge < -0.3 is 5.43 Å². The predicted molar refractivity (Wildman–Crippen MR) is 130 cm³/mol. The molecule has 1 unspecified atom stereocenters. The summed E-state index contributed by atoms with van der Waals surface area (Å²) in [7, 11) is 0. The van der Waals surface area contributed by atoms with Gasteiger partial charge in [-0.15, -0.1) is 0 Å². The van der Waals surface area contributed by atoms with Crippen molar-refractivity contribution < 1.29 is 0 Å². The van der Waals surface area contributed by atoms with Crippen molar-refractivity contribution in [2.24, 2.45) is 5.84 Å². The Bertz CT molecular complexity index is 1120. The minimum absolute atomic E-state index is 0.0704. The molecule has 4 aromatic carbocycles. The van der Waals surface area contributed by atoms with Crippen LogP contribution in [0.4, 0.5) is 0 Å². The second-order valence-corrected chi connectivity index (χ2v) is 8.03. The van der Waals surface area contributed by atoms with Crippen molar-refractivity contribution in [1.82, 2.24) is 5.43 Å². The molecule has 0 fully saturated rings. The molecule has 0 aliphatic rings. The maximum absolute atomic E-state index is 5.93. The molecule has 4 rings (SSSR count). The van der Waals surface area contributed by atoms with E-state index in [9.17, 15) is 0 Å². The lowest BCUT2D eigenvalue weighted by Crippen LogP contribution is -2.21. The van der Waals surface area contributed by atoms with Gasteiger partial charge in [-0.1, -0.05) is 113 Å². The molecule has 3 N–H and O–H groups in total. The first-order valence-corrected chi connectivity index (χ1v) is 10.7. The third-order valence-corrected chi connectivity index (χ3v) is 5.65. The Kier molecular flexibility index (Phi) is 6.43. The van der Waals surface area contributed by atoms with Gasteiger partial charge in [-0.3, -0.25) is 5.84 Å². The lowest BCUT2D eigenvalue weighted by Gasteiger charge is -2.18. The van der Waals surface area contributed by atoms with Crippen molar-refractivity contribution in [2.75, 3.05) is 0 Å². The van der Waals surface area contributed by atoms with E-state index in [2.05, 4.69) is 112 Å². The molecule has 148 valence electrons. The molecular formula is C27H23BrN2. The zero-order valence-electron chi connectivity index (χ0n) is 16.5. The summed E-state index contributed by atoms with van der Waals surface area (Å²) in [6.45, 7) is 0. The molecule has 4 aromatic rings. The Balaban J connectivity index is 1.75. The van der Waals surface area contributed by atoms with Crippen LogP contribution in [0.25, 0.3) is 16.8 Å². The highest BCUT2D eigenvalue weighted by Gasteiger charge is 2.14. The number of allylic oxidation sites excluding steroid dienone is 1. The van der Waals surface area contributed by atoms with Gasteiger partial charge >= 0.3 is 0 Å². The Morgan fingerprint density at radius 2 is 1.30 bits per heavy atom. The topological polar surface area (TPSA) is 38.0 Å². The molecule has 1 atom stereocenters. The molecule has 0 spiro atoms. The van der Waals surface area contributed by atoms with Crippen LogP contribution in [0, 0.1) is 0 Å². The fourth-order valence-electron chi connectivity index (χ4n) is 3.61. The summed E-state index contributed by atoms with van der Waals surface area (Å²) < 4.78 is 1.02. The van der Waals surface area contributed by atoms with Crippen LogP contribution in [0.1, 0.15) is 22.6 Å². The first-order valence-electron chi connectivity index (χ1n) is 9.89. The summed E-state index contributed by atoms with van der Waals surface area (Å²) in [6, 6.07) is 37.8. The van der Waals surface area contributed by atoms with Gasteiger partial charge in [0, 0.05) is 10.4 Å². The largest absolute Gasteiger partial charge is 0.324 e. The van der Waals surface area contributed by atoms with Crippen LogP contribution in [0.15, 0.2) is 120 Å². The fraction of sp³-hybridized carbons (Fsp3) is 0.0370. The van der Waals surface area contributed by atoms with Crippen LogP contribution in [-0.4, -0.2) is 0 Å². The summed E-state index contributed by atoms with van der Waals surface area (Å²) in [6.07, 6.45) is 2.19. The highest BCUT2D eigenvalue weighted by atomic mass is 79.9. The quantitative estimate of drug-likeness (QED) is 0.249. The molecule has 0 saturated carbocycles. The SMILES string of the molecule is NN/C(=C\C(c1ccccc1)c1ccc(-c2ccccc2)cc1)c1cccc(Br)c1. The van der Waals surface area contributed by atoms with Crippen molar-refractivity contribution in [3.8, 4) is 11.1 Å². The second-order valence-electron chi connectivity index (χ2n) is 7.11. The third kappa shape index (κ3) is 4.70. The number of hydrogen-bond acceptors (Lipinski definition) is 2. The van der Waals surface area contributed by atoms with Gasteiger partial charge in [0.25, 0.3) is 0 Å². The molecule has 0 saturated heterocycles. The number of benzene rings is 4. The van der Waals surface area contributed by atoms with Gasteiger partial charge in [0.05, 0.1) is 5.70 Å². The summed E-state index contributed by atoms with van der Waals surface area (Å²) in [5, 5.41) is 0. The second kappa shape index (κ2) is 9.57. The molecular weight excluding hydrogens is 432 g/mol. The van der Waals surface area contributed by atoms with E-state index >= 15 is 0 Å². The van der Waals surface area contributed by atoms with E-state index in [1.165, 1.54) is 22.3 Å². The number of rotatable bonds is 6. The van der Waals surface area contributed by atoms with E-state index in [1.54, 1.807) is 0 Å². The average molecular weight is 455 g/mol. The number of hydrazine groups is 1. The number of nitrogens with one attached hydrogen (secondary N) is 1. The highest BCUT2D eigenvalue weighted by Crippen LogP contribution is 2.31. The van der Waals surface area contributed by atoms with E-state index < -0.39 is 0 Å². The Morgan fingerprint density at radius 1 is 0.700 bits per heavy atom. The summed E-state index contributed by atoms with van der Waals surface area (Å²) in [4.78, 5) is 0. The van der Waals surface area contributed by atoms with Crippen LogP contribution in [-0.2, 0) is 0 Å². The third-order valence-electron chi connectivity index (χ3n) is 5.16. The van der Waals surface area contributed by atoms with Crippen molar-refractivity contribution in [1.29, 1.82) is 0 Å². The lowest BCUT2D eigenvalue weighted by atomic mass is 9.88. The van der Waals surface area contributed by atoms with Gasteiger partial charge in [-0.05, 0) is 46.0 Å². The van der Waals surface area contributed by atoms with Crippen LogP contribution in [0.2, 0.25) is 0 Å². The monoisotopic (exact) mass is 454 g/mol. The molecule has 0 aliphatic carbocycles. The Morgan fingerprint density at radius 3 is 1.93 bits per heavy atom. The van der Waals surface area contributed by atoms with Gasteiger partial charge in [-0.25, -0.2) is 0 Å². The highest BCUT2D eigenvalue weighted by molar-refractivity contribution is 9.10. The van der Waals surface area contributed by atoms with E-state index in [4.69, 9.17) is 5.84 Å². The van der Waals surface area contributed by atoms with Crippen LogP contribution in [0.5, 0.6) is 0 Å². The maximum atomic E-state index is 5.93. The standard InChI is InChI=1S/C27H23BrN2/c28-25-13-7-12-24(18-25)27(30-29)19-26(22-10-5-2-6-11-22)23-16-14-21(15-17-23)20-8-3-1-4-9-20/h1-19,26,30H,29H2/b27-19-. The lowest BCUT2D eigenvalue weighted by molar-refractivity contribution is 0.956. The smallest absolute Gasteiger partial charge is 0.0527 e. The van der Waals surface area contributed by atoms with E-state index in [0.717, 1.165) is 15.7 Å². The van der Waals surface area contributed by atoms with Gasteiger partial charge in [0.2, 0.25) is 0 Å². The van der Waals surface area contributed by atoms with E-state index in [0.29, 0.717) is 0 Å². The zero-order chi connectivity index (χ0) is 20.8. The van der Waals surface area contributed by atoms with Crippen molar-refractivity contribution in [3.63, 3.8) is 0 Å². The number of hydrogen-bond donors (Lipinski definition) is 2. The van der Waals surface area contributed by atoms with Crippen LogP contribution in [0.3, 0.4) is 0 Å². The number of halogens is 1. The van der Waals surface area contributed by atoms with Crippen molar-refractivity contribution >= 4 is 21.6 Å². The van der Waals surface area contributed by atoms with E-state index in [1.807, 2.05) is 24.3 Å². The van der Waals surface area contributed by atoms with Gasteiger partial charge in [0.1, 0.15) is 0 Å². The maximum Gasteiger partial charge on any atom is 0.0527 e. The summed E-state index contributed by atoms with van der Waals surface area (Å²) in [5.74, 6) is 6.00. The molecule has 0 heterocycles. The fourth-order valence-corrected chi connectivity index (χ4v) is 4.01. The zero-order valence-corrected chi connectivity index (χ0v) is 18.1. The Hall–Kier alpha value is -3.14.